The lowest BCUT2D eigenvalue weighted by atomic mass is 9.80. The highest BCUT2D eigenvalue weighted by molar-refractivity contribution is 4.75. The smallest absolute Gasteiger partial charge is 0.00439 e. The second kappa shape index (κ2) is 4.27. The SMILES string of the molecule is CC1CC(C)CC(N)CC(C)C1. The van der Waals surface area contributed by atoms with E-state index in [1.807, 2.05) is 0 Å². The molecule has 0 amide bonds. The summed E-state index contributed by atoms with van der Waals surface area (Å²) in [6.07, 6.45) is 5.21. The number of nitrogens with two attached hydrogens (primary N) is 1. The van der Waals surface area contributed by atoms with Crippen molar-refractivity contribution in [2.75, 3.05) is 0 Å². The Bertz CT molecular complexity index is 93.0. The minimum Gasteiger partial charge on any atom is -0.328 e. The van der Waals surface area contributed by atoms with Crippen LogP contribution in [0.4, 0.5) is 0 Å². The number of hydrogen-bond acceptors (Lipinski definition) is 1. The average molecular weight is 169 g/mol. The summed E-state index contributed by atoms with van der Waals surface area (Å²) >= 11 is 0. The Balaban J connectivity index is 2.45. The maximum Gasteiger partial charge on any atom is 0.00439 e. The molecule has 72 valence electrons. The summed E-state index contributed by atoms with van der Waals surface area (Å²) in [5, 5.41) is 0. The highest BCUT2D eigenvalue weighted by Crippen LogP contribution is 2.28. The molecule has 0 spiro atoms. The molecule has 1 nitrogen and oxygen atoms in total. The third kappa shape index (κ3) is 3.14. The molecule has 2 N–H and O–H groups in total. The van der Waals surface area contributed by atoms with Gasteiger partial charge in [-0.15, -0.1) is 0 Å². The van der Waals surface area contributed by atoms with E-state index < -0.39 is 0 Å². The largest absolute Gasteiger partial charge is 0.328 e. The predicted molar refractivity (Wildman–Crippen MR) is 53.9 cm³/mol. The van der Waals surface area contributed by atoms with Gasteiger partial charge in [-0.1, -0.05) is 20.8 Å². The number of hydrogen-bond donors (Lipinski definition) is 1. The number of rotatable bonds is 0. The first kappa shape index (κ1) is 10.0. The van der Waals surface area contributed by atoms with Crippen LogP contribution in [-0.4, -0.2) is 6.04 Å². The molecule has 0 aliphatic heterocycles. The van der Waals surface area contributed by atoms with Crippen molar-refractivity contribution in [1.29, 1.82) is 0 Å². The molecule has 0 aromatic carbocycles. The zero-order valence-corrected chi connectivity index (χ0v) is 8.72. The zero-order chi connectivity index (χ0) is 9.14. The maximum atomic E-state index is 6.03. The Labute approximate surface area is 76.7 Å². The van der Waals surface area contributed by atoms with Gasteiger partial charge in [0.2, 0.25) is 0 Å². The van der Waals surface area contributed by atoms with Crippen molar-refractivity contribution in [3.8, 4) is 0 Å². The summed E-state index contributed by atoms with van der Waals surface area (Å²) in [5.74, 6) is 2.58. The Morgan fingerprint density at radius 2 is 1.08 bits per heavy atom. The van der Waals surface area contributed by atoms with E-state index >= 15 is 0 Å². The molecule has 0 heterocycles. The van der Waals surface area contributed by atoms with Crippen LogP contribution < -0.4 is 5.73 Å². The van der Waals surface area contributed by atoms with E-state index in [1.165, 1.54) is 25.7 Å². The van der Waals surface area contributed by atoms with Gasteiger partial charge in [-0.25, -0.2) is 0 Å². The summed E-state index contributed by atoms with van der Waals surface area (Å²) in [5.41, 5.74) is 6.03. The summed E-state index contributed by atoms with van der Waals surface area (Å²) in [7, 11) is 0. The molecular weight excluding hydrogens is 146 g/mol. The van der Waals surface area contributed by atoms with Gasteiger partial charge in [0.15, 0.2) is 0 Å². The van der Waals surface area contributed by atoms with Gasteiger partial charge in [-0.2, -0.15) is 0 Å². The molecule has 0 aromatic heterocycles. The van der Waals surface area contributed by atoms with E-state index in [4.69, 9.17) is 5.73 Å². The van der Waals surface area contributed by atoms with E-state index in [1.54, 1.807) is 0 Å². The Kier molecular flexibility index (Phi) is 3.57. The maximum absolute atomic E-state index is 6.03. The van der Waals surface area contributed by atoms with E-state index in [9.17, 15) is 0 Å². The van der Waals surface area contributed by atoms with Crippen molar-refractivity contribution in [2.45, 2.75) is 52.5 Å². The minimum atomic E-state index is 0.461. The molecule has 0 saturated heterocycles. The Morgan fingerprint density at radius 1 is 0.750 bits per heavy atom. The van der Waals surface area contributed by atoms with Gasteiger partial charge in [0.25, 0.3) is 0 Å². The van der Waals surface area contributed by atoms with Crippen LogP contribution in [0.1, 0.15) is 46.5 Å². The minimum absolute atomic E-state index is 0.461. The van der Waals surface area contributed by atoms with Gasteiger partial charge >= 0.3 is 0 Å². The lowest BCUT2D eigenvalue weighted by molar-refractivity contribution is 0.259. The van der Waals surface area contributed by atoms with Crippen LogP contribution in [0, 0.1) is 17.8 Å². The second-order valence-electron chi connectivity index (χ2n) is 5.02. The standard InChI is InChI=1S/C11H23N/c1-8-4-9(2)6-11(12)7-10(3)5-8/h8-11H,4-7,12H2,1-3H3. The first-order valence-corrected chi connectivity index (χ1v) is 5.33. The van der Waals surface area contributed by atoms with Crippen LogP contribution in [0.25, 0.3) is 0 Å². The Morgan fingerprint density at radius 3 is 1.50 bits per heavy atom. The predicted octanol–water partition coefficient (Wildman–Crippen LogP) is 2.80. The topological polar surface area (TPSA) is 26.0 Å². The molecule has 0 bridgehead atoms. The monoisotopic (exact) mass is 169 g/mol. The van der Waals surface area contributed by atoms with E-state index in [-0.39, 0.29) is 0 Å². The fourth-order valence-corrected chi connectivity index (χ4v) is 2.79. The van der Waals surface area contributed by atoms with Crippen LogP contribution in [0.3, 0.4) is 0 Å². The van der Waals surface area contributed by atoms with Crippen LogP contribution in [0.15, 0.2) is 0 Å². The Hall–Kier alpha value is -0.0400. The molecule has 2 unspecified atom stereocenters. The van der Waals surface area contributed by atoms with Gasteiger partial charge in [-0.05, 0) is 43.4 Å². The molecule has 1 rings (SSSR count). The molecule has 0 aromatic rings. The molecule has 1 aliphatic rings. The zero-order valence-electron chi connectivity index (χ0n) is 8.72. The van der Waals surface area contributed by atoms with Gasteiger partial charge < -0.3 is 5.73 Å². The highest BCUT2D eigenvalue weighted by Gasteiger charge is 2.20. The second-order valence-corrected chi connectivity index (χ2v) is 5.02. The third-order valence-electron chi connectivity index (χ3n) is 3.02. The van der Waals surface area contributed by atoms with Crippen molar-refractivity contribution >= 4 is 0 Å². The van der Waals surface area contributed by atoms with E-state index in [0.717, 1.165) is 17.8 Å². The molecule has 1 aliphatic carbocycles. The van der Waals surface area contributed by atoms with Gasteiger partial charge in [0, 0.05) is 6.04 Å². The van der Waals surface area contributed by atoms with Crippen molar-refractivity contribution in [3.63, 3.8) is 0 Å². The van der Waals surface area contributed by atoms with Crippen molar-refractivity contribution in [1.82, 2.24) is 0 Å². The van der Waals surface area contributed by atoms with Crippen LogP contribution in [0.5, 0.6) is 0 Å². The van der Waals surface area contributed by atoms with Crippen molar-refractivity contribution < 1.29 is 0 Å². The van der Waals surface area contributed by atoms with Crippen molar-refractivity contribution in [3.05, 3.63) is 0 Å². The normalized spacial score (nSPS) is 45.0. The van der Waals surface area contributed by atoms with Crippen LogP contribution in [0.2, 0.25) is 0 Å². The third-order valence-corrected chi connectivity index (χ3v) is 3.02. The molecule has 2 atom stereocenters. The van der Waals surface area contributed by atoms with E-state index in [0.29, 0.717) is 6.04 Å². The summed E-state index contributed by atoms with van der Waals surface area (Å²) in [6, 6.07) is 0.461. The highest BCUT2D eigenvalue weighted by atomic mass is 14.6. The first-order valence-electron chi connectivity index (χ1n) is 5.33. The van der Waals surface area contributed by atoms with Crippen LogP contribution >= 0.6 is 0 Å². The summed E-state index contributed by atoms with van der Waals surface area (Å²) in [4.78, 5) is 0. The lowest BCUT2D eigenvalue weighted by Crippen LogP contribution is -2.28. The molecular formula is C11H23N. The molecule has 1 heteroatoms. The fraction of sp³-hybridized carbons (Fsp3) is 1.00. The van der Waals surface area contributed by atoms with Gasteiger partial charge in [0.1, 0.15) is 0 Å². The summed E-state index contributed by atoms with van der Waals surface area (Å²) < 4.78 is 0. The van der Waals surface area contributed by atoms with Crippen LogP contribution in [-0.2, 0) is 0 Å². The molecule has 1 saturated carbocycles. The fourth-order valence-electron chi connectivity index (χ4n) is 2.79. The molecule has 12 heavy (non-hydrogen) atoms. The first-order chi connectivity index (χ1) is 5.58. The quantitative estimate of drug-likeness (QED) is 0.593. The van der Waals surface area contributed by atoms with Gasteiger partial charge in [0.05, 0.1) is 0 Å². The van der Waals surface area contributed by atoms with E-state index in [2.05, 4.69) is 20.8 Å². The average Bonchev–Trinajstić information content (AvgIpc) is 1.81. The summed E-state index contributed by atoms with van der Waals surface area (Å²) in [6.45, 7) is 7.06. The van der Waals surface area contributed by atoms with Crippen molar-refractivity contribution in [2.24, 2.45) is 23.5 Å². The molecule has 0 radical (unpaired) electrons. The molecule has 1 fully saturated rings. The lowest BCUT2D eigenvalue weighted by Gasteiger charge is -2.28. The van der Waals surface area contributed by atoms with Gasteiger partial charge in [-0.3, -0.25) is 0 Å².